The minimum Gasteiger partial charge on any atom is -0.543 e. The molecule has 0 radical (unpaired) electrons. The third-order valence-corrected chi connectivity index (χ3v) is 9.40. The van der Waals surface area contributed by atoms with Crippen molar-refractivity contribution in [2.75, 3.05) is 12.3 Å². The van der Waals surface area contributed by atoms with Crippen molar-refractivity contribution in [1.29, 1.82) is 0 Å². The number of carboxylic acid groups (broad SMARTS) is 1. The predicted molar refractivity (Wildman–Crippen MR) is 136 cm³/mol. The molecule has 2 aliphatic heterocycles. The quantitative estimate of drug-likeness (QED) is 0.131. The highest BCUT2D eigenvalue weighted by Crippen LogP contribution is 2.51. The Morgan fingerprint density at radius 2 is 2.00 bits per heavy atom. The van der Waals surface area contributed by atoms with Crippen molar-refractivity contribution < 1.29 is 34.4 Å². The summed E-state index contributed by atoms with van der Waals surface area (Å²) < 4.78 is 3.93. The molecule has 0 bridgehead atoms. The van der Waals surface area contributed by atoms with Gasteiger partial charge in [-0.3, -0.25) is 4.79 Å². The second kappa shape index (κ2) is 9.67. The number of thioether (sulfide) groups is 1. The molecule has 1 fully saturated rings. The number of hydrogen-bond donors (Lipinski definition) is 4. The first-order valence-electron chi connectivity index (χ1n) is 12.0. The van der Waals surface area contributed by atoms with Crippen LogP contribution in [0.25, 0.3) is 10.4 Å². The molecule has 1 amide bonds. The number of amides is 1. The van der Waals surface area contributed by atoms with Crippen LogP contribution in [0.3, 0.4) is 0 Å². The van der Waals surface area contributed by atoms with E-state index in [4.69, 9.17) is 5.73 Å². The number of imidazole rings is 1. The number of carbonyl (C=O) groups excluding carboxylic acids is 2. The Labute approximate surface area is 221 Å². The summed E-state index contributed by atoms with van der Waals surface area (Å²) >= 11 is 3.05. The fourth-order valence-electron chi connectivity index (χ4n) is 5.40. The zero-order valence-electron chi connectivity index (χ0n) is 20.3. The van der Waals surface area contributed by atoms with Gasteiger partial charge in [-0.15, -0.1) is 0 Å². The number of phenolic OH excluding ortho intramolecular Hbond substituents is 2. The topological polar surface area (TPSA) is 156 Å². The molecule has 2 aromatic heterocycles. The highest BCUT2D eigenvalue weighted by Gasteiger charge is 2.59. The Hall–Kier alpha value is -3.06. The van der Waals surface area contributed by atoms with Gasteiger partial charge in [0.15, 0.2) is 0 Å². The van der Waals surface area contributed by atoms with Crippen LogP contribution in [0.5, 0.6) is 11.5 Å². The van der Waals surface area contributed by atoms with E-state index in [2.05, 4.69) is 0 Å². The van der Waals surface area contributed by atoms with E-state index < -0.39 is 29.9 Å². The SMILES string of the molecule is C[C@@H](O)[C@H]1C(=O)N2C(C(=O)[O-])=C(c3c[n+]4cn(Cc5cc(O)cc(O)c5)c(SCCCN)c4s3)[C@H](C)[C@H]12. The van der Waals surface area contributed by atoms with E-state index >= 15 is 0 Å². The van der Waals surface area contributed by atoms with Gasteiger partial charge in [0.1, 0.15) is 24.2 Å². The van der Waals surface area contributed by atoms with Crippen LogP contribution >= 0.6 is 23.1 Å². The first kappa shape index (κ1) is 25.6. The third kappa shape index (κ3) is 4.27. The number of hydrogen-bond acceptors (Lipinski definition) is 9. The van der Waals surface area contributed by atoms with Crippen LogP contribution in [-0.4, -0.2) is 61.1 Å². The van der Waals surface area contributed by atoms with Crippen molar-refractivity contribution >= 4 is 45.4 Å². The summed E-state index contributed by atoms with van der Waals surface area (Å²) in [5.41, 5.74) is 6.84. The van der Waals surface area contributed by atoms with Crippen molar-refractivity contribution in [3.8, 4) is 11.5 Å². The number of β-lactam (4-membered cyclic amide) rings is 1. The molecule has 1 aromatic carbocycles. The molecule has 0 saturated carbocycles. The number of aromatic hydroxyl groups is 2. The minimum atomic E-state index is -1.41. The number of aromatic nitrogens is 2. The molecular weight excluding hydrogens is 516 g/mol. The summed E-state index contributed by atoms with van der Waals surface area (Å²) in [6.45, 7) is 4.38. The molecule has 0 spiro atoms. The van der Waals surface area contributed by atoms with Crippen LogP contribution in [0.2, 0.25) is 0 Å². The molecule has 196 valence electrons. The molecule has 37 heavy (non-hydrogen) atoms. The van der Waals surface area contributed by atoms with Crippen LogP contribution in [0, 0.1) is 11.8 Å². The molecule has 5 rings (SSSR count). The van der Waals surface area contributed by atoms with E-state index in [9.17, 15) is 30.0 Å². The molecule has 5 N–H and O–H groups in total. The number of carboxylic acids is 1. The first-order chi connectivity index (χ1) is 17.6. The second-order valence-corrected chi connectivity index (χ2v) is 11.6. The second-order valence-electron chi connectivity index (χ2n) is 9.51. The zero-order chi connectivity index (χ0) is 26.6. The van der Waals surface area contributed by atoms with Crippen molar-refractivity contribution in [1.82, 2.24) is 9.47 Å². The average Bonchev–Trinajstić information content (AvgIpc) is 3.41. The van der Waals surface area contributed by atoms with Gasteiger partial charge >= 0.3 is 0 Å². The van der Waals surface area contributed by atoms with Crippen LogP contribution in [0.4, 0.5) is 0 Å². The van der Waals surface area contributed by atoms with E-state index in [1.807, 2.05) is 28.4 Å². The normalized spacial score (nSPS) is 22.0. The lowest BCUT2D eigenvalue weighted by atomic mass is 9.77. The lowest BCUT2D eigenvalue weighted by Gasteiger charge is -2.47. The van der Waals surface area contributed by atoms with E-state index in [1.54, 1.807) is 30.8 Å². The first-order valence-corrected chi connectivity index (χ1v) is 13.8. The number of thiazole rings is 1. The Balaban J connectivity index is 1.56. The highest BCUT2D eigenvalue weighted by atomic mass is 32.2. The molecule has 2 aliphatic rings. The van der Waals surface area contributed by atoms with E-state index in [1.165, 1.54) is 22.3 Å². The average molecular weight is 545 g/mol. The fourth-order valence-corrected chi connectivity index (χ4v) is 7.88. The number of aliphatic carboxylic acids is 1. The standard InChI is InChI=1S/C25H28N4O6S2/c1-12-18(21(25(34)35)29-20(12)19(13(2)30)22(29)33)17-10-28-11-27(9-14-6-15(31)8-16(32)7-14)23(24(28)37-17)36-5-3-4-26/h6-8,10-13,19-20,30H,3-5,9,26H2,1-2H3,(H2-,31,32,34,35)/t12-,13+,19+,20+/m0/s1. The van der Waals surface area contributed by atoms with Crippen molar-refractivity contribution in [3.05, 3.63) is 46.9 Å². The number of nitrogens with zero attached hydrogens (tertiary/aromatic N) is 3. The van der Waals surface area contributed by atoms with E-state index in [-0.39, 0.29) is 23.1 Å². The number of aliphatic hydroxyl groups excluding tert-OH is 1. The molecule has 0 aliphatic carbocycles. The Morgan fingerprint density at radius 3 is 2.62 bits per heavy atom. The number of fused-ring (bicyclic) bond motifs is 2. The Morgan fingerprint density at radius 1 is 1.30 bits per heavy atom. The largest absolute Gasteiger partial charge is 0.543 e. The highest BCUT2D eigenvalue weighted by molar-refractivity contribution is 7.99. The summed E-state index contributed by atoms with van der Waals surface area (Å²) in [6.07, 6.45) is 3.67. The number of phenols is 2. The lowest BCUT2D eigenvalue weighted by Crippen LogP contribution is -2.64. The summed E-state index contributed by atoms with van der Waals surface area (Å²) in [6, 6.07) is 4.04. The molecule has 3 aromatic rings. The summed E-state index contributed by atoms with van der Waals surface area (Å²) in [7, 11) is 0. The van der Waals surface area contributed by atoms with Gasteiger partial charge in [-0.2, -0.15) is 4.40 Å². The van der Waals surface area contributed by atoms with Gasteiger partial charge in [-0.05, 0) is 32.0 Å². The monoisotopic (exact) mass is 544 g/mol. The minimum absolute atomic E-state index is 0.0251. The summed E-state index contributed by atoms with van der Waals surface area (Å²) in [5, 5.41) is 43.0. The number of nitrogens with two attached hydrogens (primary N) is 1. The lowest BCUT2D eigenvalue weighted by molar-refractivity contribution is -0.508. The van der Waals surface area contributed by atoms with E-state index in [0.717, 1.165) is 32.5 Å². The molecule has 0 unspecified atom stereocenters. The number of benzene rings is 1. The van der Waals surface area contributed by atoms with Gasteiger partial charge in [0.2, 0.25) is 15.8 Å². The van der Waals surface area contributed by atoms with Crippen LogP contribution in [0.1, 0.15) is 30.7 Å². The molecule has 4 heterocycles. The van der Waals surface area contributed by atoms with Gasteiger partial charge in [-0.25, -0.2) is 4.57 Å². The maximum Gasteiger partial charge on any atom is 0.250 e. The van der Waals surface area contributed by atoms with Gasteiger partial charge in [0, 0.05) is 28.9 Å². The number of rotatable bonds is 9. The van der Waals surface area contributed by atoms with Crippen molar-refractivity contribution in [2.24, 2.45) is 17.6 Å². The van der Waals surface area contributed by atoms with Gasteiger partial charge in [-0.1, -0.05) is 30.0 Å². The number of aliphatic hydroxyl groups is 1. The van der Waals surface area contributed by atoms with Gasteiger partial charge in [0.25, 0.3) is 6.33 Å². The van der Waals surface area contributed by atoms with Gasteiger partial charge < -0.3 is 35.9 Å². The molecule has 1 saturated heterocycles. The molecular formula is C25H28N4O6S2. The Kier molecular flexibility index (Phi) is 6.69. The number of carbonyl (C=O) groups is 2. The predicted octanol–water partition coefficient (Wildman–Crippen LogP) is 0.507. The van der Waals surface area contributed by atoms with Gasteiger partial charge in [0.05, 0.1) is 34.6 Å². The summed E-state index contributed by atoms with van der Waals surface area (Å²) in [5.74, 6) is -2.00. The van der Waals surface area contributed by atoms with Crippen LogP contribution in [-0.2, 0) is 16.1 Å². The molecule has 10 nitrogen and oxygen atoms in total. The van der Waals surface area contributed by atoms with Crippen LogP contribution in [0.15, 0.2) is 41.4 Å². The fraction of sp³-hybridized carbons (Fsp3) is 0.400. The van der Waals surface area contributed by atoms with Crippen molar-refractivity contribution in [3.63, 3.8) is 0 Å². The van der Waals surface area contributed by atoms with Crippen LogP contribution < -0.4 is 15.2 Å². The maximum atomic E-state index is 12.7. The zero-order valence-corrected chi connectivity index (χ0v) is 22.0. The maximum absolute atomic E-state index is 12.7. The third-order valence-electron chi connectivity index (χ3n) is 6.94. The smallest absolute Gasteiger partial charge is 0.250 e. The van der Waals surface area contributed by atoms with Crippen molar-refractivity contribution in [2.45, 2.75) is 44.0 Å². The Bertz CT molecular complexity index is 1410. The molecule has 12 heteroatoms. The summed E-state index contributed by atoms with van der Waals surface area (Å²) in [4.78, 5) is 27.7. The molecule has 4 atom stereocenters. The van der Waals surface area contributed by atoms with E-state index in [0.29, 0.717) is 18.7 Å².